The number of hydrogen-bond donors (Lipinski definition) is 1. The van der Waals surface area contributed by atoms with Crippen LogP contribution in [-0.2, 0) is 6.54 Å². The fourth-order valence-corrected chi connectivity index (χ4v) is 3.82. The van der Waals surface area contributed by atoms with Gasteiger partial charge in [-0.05, 0) is 48.9 Å². The predicted molar refractivity (Wildman–Crippen MR) is 95.1 cm³/mol. The molecule has 0 saturated carbocycles. The fourth-order valence-electron chi connectivity index (χ4n) is 2.96. The summed E-state index contributed by atoms with van der Waals surface area (Å²) in [5.41, 5.74) is 1.71. The van der Waals surface area contributed by atoms with E-state index in [1.54, 1.807) is 34.4 Å². The average Bonchev–Trinajstić information content (AvgIpc) is 3.22. The van der Waals surface area contributed by atoms with E-state index >= 15 is 0 Å². The lowest BCUT2D eigenvalue weighted by Gasteiger charge is -2.18. The van der Waals surface area contributed by atoms with E-state index in [9.17, 15) is 9.90 Å². The van der Waals surface area contributed by atoms with Crippen LogP contribution < -0.4 is 4.74 Å². The van der Waals surface area contributed by atoms with Gasteiger partial charge < -0.3 is 19.2 Å². The Hall–Kier alpha value is -2.73. The number of amides is 1. The lowest BCUT2D eigenvalue weighted by atomic mass is 10.1. The van der Waals surface area contributed by atoms with E-state index in [0.717, 1.165) is 16.0 Å². The molecule has 5 nitrogen and oxygen atoms in total. The summed E-state index contributed by atoms with van der Waals surface area (Å²) < 4.78 is 10.9. The molecule has 1 amide bonds. The summed E-state index contributed by atoms with van der Waals surface area (Å²) in [4.78, 5) is 16.5. The summed E-state index contributed by atoms with van der Waals surface area (Å²) in [6.45, 7) is 3.16. The van der Waals surface area contributed by atoms with Crippen LogP contribution >= 0.6 is 11.3 Å². The molecule has 0 radical (unpaired) electrons. The minimum Gasteiger partial charge on any atom is -0.504 e. The van der Waals surface area contributed by atoms with Gasteiger partial charge in [0.1, 0.15) is 6.61 Å². The maximum atomic E-state index is 12.6. The van der Waals surface area contributed by atoms with Crippen molar-refractivity contribution < 1.29 is 19.1 Å². The quantitative estimate of drug-likeness (QED) is 0.753. The van der Waals surface area contributed by atoms with E-state index in [1.165, 1.54) is 11.1 Å². The van der Waals surface area contributed by atoms with Gasteiger partial charge in [-0.15, -0.1) is 11.3 Å². The number of nitrogens with zero attached hydrogens (tertiary/aromatic N) is 1. The smallest absolute Gasteiger partial charge is 0.289 e. The molecule has 25 heavy (non-hydrogen) atoms. The summed E-state index contributed by atoms with van der Waals surface area (Å²) in [5, 5.41) is 10.4. The summed E-state index contributed by atoms with van der Waals surface area (Å²) in [5.74, 6) is 0.675. The van der Waals surface area contributed by atoms with E-state index in [1.807, 2.05) is 25.1 Å². The Balaban J connectivity index is 1.70. The minimum absolute atomic E-state index is 0.103. The molecule has 2 aromatic heterocycles. The number of rotatable bonds is 2. The van der Waals surface area contributed by atoms with Crippen molar-refractivity contribution in [1.82, 2.24) is 4.90 Å². The molecule has 1 N–H and O–H groups in total. The number of carbonyl (C=O) groups excluding carboxylic acids is 1. The molecule has 128 valence electrons. The highest BCUT2D eigenvalue weighted by Gasteiger charge is 2.25. The highest BCUT2D eigenvalue weighted by molar-refractivity contribution is 7.15. The van der Waals surface area contributed by atoms with E-state index in [4.69, 9.17) is 9.15 Å². The molecule has 0 spiro atoms. The second-order valence-corrected chi connectivity index (χ2v) is 7.23. The molecule has 0 saturated heterocycles. The summed E-state index contributed by atoms with van der Waals surface area (Å²) >= 11 is 1.66. The number of carbonyl (C=O) groups is 1. The zero-order valence-electron chi connectivity index (χ0n) is 13.7. The highest BCUT2D eigenvalue weighted by Crippen LogP contribution is 2.39. The molecule has 3 aromatic rings. The molecule has 0 atom stereocenters. The number of benzene rings is 1. The highest BCUT2D eigenvalue weighted by atomic mass is 32.1. The van der Waals surface area contributed by atoms with Gasteiger partial charge >= 0.3 is 0 Å². The summed E-state index contributed by atoms with van der Waals surface area (Å²) in [6, 6.07) is 11.1. The van der Waals surface area contributed by atoms with Gasteiger partial charge in [-0.3, -0.25) is 4.79 Å². The summed E-state index contributed by atoms with van der Waals surface area (Å²) in [6.07, 6.45) is 1.48. The van der Waals surface area contributed by atoms with E-state index in [-0.39, 0.29) is 11.7 Å². The van der Waals surface area contributed by atoms with Gasteiger partial charge in [0, 0.05) is 15.3 Å². The topological polar surface area (TPSA) is 62.9 Å². The first-order chi connectivity index (χ1) is 12.1. The molecule has 0 fully saturated rings. The third-order valence-electron chi connectivity index (χ3n) is 4.16. The van der Waals surface area contributed by atoms with Crippen molar-refractivity contribution in [2.24, 2.45) is 0 Å². The predicted octanol–water partition coefficient (Wildman–Crippen LogP) is 4.06. The van der Waals surface area contributed by atoms with Crippen LogP contribution in [0.1, 0.15) is 21.0 Å². The first-order valence-corrected chi connectivity index (χ1v) is 8.82. The molecular weight excluding hydrogens is 338 g/mol. The standard InChI is InChI=1S/C19H17NO4S/c1-12-4-5-17(25-12)13-9-14-11-20(19(22)16-3-2-7-23-16)6-8-24-18(14)15(21)10-13/h2-5,7,9-10,21H,6,8,11H2,1H3. The van der Waals surface area contributed by atoms with Crippen LogP contribution in [0.15, 0.2) is 47.1 Å². The van der Waals surface area contributed by atoms with Crippen LogP contribution in [0.5, 0.6) is 11.5 Å². The van der Waals surface area contributed by atoms with Crippen molar-refractivity contribution in [3.8, 4) is 21.9 Å². The molecule has 0 bridgehead atoms. The molecule has 6 heteroatoms. The Morgan fingerprint density at radius 2 is 2.16 bits per heavy atom. The van der Waals surface area contributed by atoms with E-state index in [2.05, 4.69) is 0 Å². The first kappa shape index (κ1) is 15.8. The van der Waals surface area contributed by atoms with Crippen LogP contribution in [0.25, 0.3) is 10.4 Å². The molecule has 1 aromatic carbocycles. The van der Waals surface area contributed by atoms with E-state index in [0.29, 0.717) is 31.2 Å². The zero-order chi connectivity index (χ0) is 17.4. The zero-order valence-corrected chi connectivity index (χ0v) is 14.5. The second-order valence-electron chi connectivity index (χ2n) is 5.95. The van der Waals surface area contributed by atoms with Crippen LogP contribution in [0, 0.1) is 6.92 Å². The Kier molecular flexibility index (Phi) is 3.97. The Bertz CT molecular complexity index is 914. The maximum Gasteiger partial charge on any atom is 0.289 e. The van der Waals surface area contributed by atoms with Crippen LogP contribution in [-0.4, -0.2) is 29.1 Å². The van der Waals surface area contributed by atoms with Gasteiger partial charge in [-0.2, -0.15) is 0 Å². The van der Waals surface area contributed by atoms with Gasteiger partial charge in [-0.1, -0.05) is 0 Å². The minimum atomic E-state index is -0.182. The normalized spacial score (nSPS) is 13.9. The van der Waals surface area contributed by atoms with Crippen molar-refractivity contribution in [1.29, 1.82) is 0 Å². The van der Waals surface area contributed by atoms with Gasteiger partial charge in [0.05, 0.1) is 19.4 Å². The summed E-state index contributed by atoms with van der Waals surface area (Å²) in [7, 11) is 0. The van der Waals surface area contributed by atoms with Gasteiger partial charge in [0.15, 0.2) is 17.3 Å². The molecule has 3 heterocycles. The van der Waals surface area contributed by atoms with Crippen molar-refractivity contribution in [2.75, 3.05) is 13.2 Å². The Morgan fingerprint density at radius 3 is 2.88 bits per heavy atom. The van der Waals surface area contributed by atoms with Crippen LogP contribution in [0.4, 0.5) is 0 Å². The average molecular weight is 355 g/mol. The number of furan rings is 1. The second kappa shape index (κ2) is 6.29. The lowest BCUT2D eigenvalue weighted by molar-refractivity contribution is 0.0701. The number of phenolic OH excluding ortho intramolecular Hbond substituents is 1. The van der Waals surface area contributed by atoms with Gasteiger partial charge in [0.25, 0.3) is 5.91 Å². The van der Waals surface area contributed by atoms with E-state index < -0.39 is 0 Å². The third-order valence-corrected chi connectivity index (χ3v) is 5.21. The molecule has 4 rings (SSSR count). The fraction of sp³-hybridized carbons (Fsp3) is 0.211. The maximum absolute atomic E-state index is 12.6. The first-order valence-electron chi connectivity index (χ1n) is 8.00. The number of aryl methyl sites for hydroxylation is 1. The van der Waals surface area contributed by atoms with Crippen molar-refractivity contribution in [3.05, 3.63) is 58.9 Å². The van der Waals surface area contributed by atoms with Crippen molar-refractivity contribution in [3.63, 3.8) is 0 Å². The van der Waals surface area contributed by atoms with Crippen LogP contribution in [0.2, 0.25) is 0 Å². The Labute approximate surface area is 149 Å². The molecule has 1 aliphatic rings. The SMILES string of the molecule is Cc1ccc(-c2cc(O)c3c(c2)CN(C(=O)c2ccco2)CCO3)s1. The molecular formula is C19H17NO4S. The van der Waals surface area contributed by atoms with Crippen LogP contribution in [0.3, 0.4) is 0 Å². The lowest BCUT2D eigenvalue weighted by Crippen LogP contribution is -2.32. The van der Waals surface area contributed by atoms with Gasteiger partial charge in [-0.25, -0.2) is 0 Å². The Morgan fingerprint density at radius 1 is 1.28 bits per heavy atom. The van der Waals surface area contributed by atoms with Gasteiger partial charge in [0.2, 0.25) is 0 Å². The molecule has 1 aliphatic heterocycles. The number of phenols is 1. The number of ether oxygens (including phenoxy) is 1. The van der Waals surface area contributed by atoms with Crippen molar-refractivity contribution in [2.45, 2.75) is 13.5 Å². The number of fused-ring (bicyclic) bond motifs is 1. The number of aromatic hydroxyl groups is 1. The molecule has 0 unspecified atom stereocenters. The number of thiophene rings is 1. The largest absolute Gasteiger partial charge is 0.504 e. The number of hydrogen-bond acceptors (Lipinski definition) is 5. The third kappa shape index (κ3) is 3.00. The molecule has 0 aliphatic carbocycles. The van der Waals surface area contributed by atoms with Crippen molar-refractivity contribution >= 4 is 17.2 Å². The monoisotopic (exact) mass is 355 g/mol.